The molecule has 0 saturated carbocycles. The Hall–Kier alpha value is -2.20. The fourth-order valence-corrected chi connectivity index (χ4v) is 2.23. The molecule has 5 heteroatoms. The van der Waals surface area contributed by atoms with E-state index >= 15 is 0 Å². The highest BCUT2D eigenvalue weighted by Gasteiger charge is 2.23. The maximum Gasteiger partial charge on any atom is 0.341 e. The molecule has 0 aliphatic heterocycles. The van der Waals surface area contributed by atoms with E-state index in [1.807, 2.05) is 26.0 Å². The van der Waals surface area contributed by atoms with Crippen molar-refractivity contribution in [3.8, 4) is 0 Å². The number of pyridine rings is 1. The van der Waals surface area contributed by atoms with Crippen LogP contribution in [0.2, 0.25) is 5.15 Å². The maximum atomic E-state index is 12.4. The molecule has 0 aliphatic rings. The van der Waals surface area contributed by atoms with Gasteiger partial charge in [0.25, 0.3) is 0 Å². The first-order valence-electron chi connectivity index (χ1n) is 6.83. The Morgan fingerprint density at radius 1 is 1.18 bits per heavy atom. The summed E-state index contributed by atoms with van der Waals surface area (Å²) in [7, 11) is 0. The van der Waals surface area contributed by atoms with Crippen molar-refractivity contribution in [1.82, 2.24) is 4.98 Å². The highest BCUT2D eigenvalue weighted by atomic mass is 35.5. The molecular weight excluding hydrogens is 302 g/mol. The molecule has 1 heterocycles. The second kappa shape index (κ2) is 6.71. The van der Waals surface area contributed by atoms with Crippen LogP contribution in [-0.2, 0) is 4.74 Å². The van der Waals surface area contributed by atoms with Crippen molar-refractivity contribution < 1.29 is 14.3 Å². The second-order valence-electron chi connectivity index (χ2n) is 5.07. The number of halogens is 1. The van der Waals surface area contributed by atoms with Gasteiger partial charge in [0.05, 0.1) is 5.56 Å². The molecule has 2 aromatic rings. The molecule has 0 aliphatic carbocycles. The number of carbonyl (C=O) groups is 2. The van der Waals surface area contributed by atoms with Gasteiger partial charge in [0, 0.05) is 11.8 Å². The predicted octanol–water partition coefficient (Wildman–Crippen LogP) is 3.78. The molecule has 0 unspecified atom stereocenters. The summed E-state index contributed by atoms with van der Waals surface area (Å²) in [4.78, 5) is 28.3. The molecule has 1 aromatic carbocycles. The molecule has 114 valence electrons. The largest absolute Gasteiger partial charge is 0.451 e. The molecule has 22 heavy (non-hydrogen) atoms. The van der Waals surface area contributed by atoms with E-state index in [0.717, 1.165) is 11.1 Å². The van der Waals surface area contributed by atoms with E-state index in [-0.39, 0.29) is 16.5 Å². The van der Waals surface area contributed by atoms with Crippen LogP contribution in [0.25, 0.3) is 0 Å². The number of hydrogen-bond acceptors (Lipinski definition) is 4. The number of Topliss-reactive ketones (excluding diaryl/α,β-unsaturated/α-hetero) is 1. The Labute approximate surface area is 134 Å². The van der Waals surface area contributed by atoms with Crippen LogP contribution in [0.5, 0.6) is 0 Å². The molecule has 2 rings (SSSR count). The van der Waals surface area contributed by atoms with Gasteiger partial charge in [-0.1, -0.05) is 29.3 Å². The van der Waals surface area contributed by atoms with Gasteiger partial charge in [-0.3, -0.25) is 4.79 Å². The number of carbonyl (C=O) groups excluding carboxylic acids is 2. The first-order valence-corrected chi connectivity index (χ1v) is 7.21. The van der Waals surface area contributed by atoms with Gasteiger partial charge >= 0.3 is 5.97 Å². The molecule has 4 nitrogen and oxygen atoms in total. The standard InChI is InChI=1S/C17H16ClNO3/c1-10-6-7-11(2)14(9-10)15(20)12(3)22-17(21)13-5-4-8-19-16(13)18/h4-9,12H,1-3H3/t12-/m1/s1. The Morgan fingerprint density at radius 3 is 2.59 bits per heavy atom. The molecule has 0 bridgehead atoms. The smallest absolute Gasteiger partial charge is 0.341 e. The summed E-state index contributed by atoms with van der Waals surface area (Å²) in [5.74, 6) is -0.904. The summed E-state index contributed by atoms with van der Waals surface area (Å²) >= 11 is 5.85. The molecule has 0 amide bonds. The van der Waals surface area contributed by atoms with Gasteiger partial charge in [-0.25, -0.2) is 9.78 Å². The first kappa shape index (κ1) is 16.2. The summed E-state index contributed by atoms with van der Waals surface area (Å²) in [5.41, 5.74) is 2.52. The molecule has 0 N–H and O–H groups in total. The van der Waals surface area contributed by atoms with Crippen LogP contribution in [0.15, 0.2) is 36.5 Å². The number of ether oxygens (including phenoxy) is 1. The Kier molecular flexibility index (Phi) is 4.93. The third kappa shape index (κ3) is 3.52. The number of hydrogen-bond donors (Lipinski definition) is 0. The van der Waals surface area contributed by atoms with Crippen LogP contribution < -0.4 is 0 Å². The van der Waals surface area contributed by atoms with Crippen LogP contribution in [0.3, 0.4) is 0 Å². The lowest BCUT2D eigenvalue weighted by Gasteiger charge is -2.14. The van der Waals surface area contributed by atoms with Crippen LogP contribution in [0.1, 0.15) is 38.8 Å². The Morgan fingerprint density at radius 2 is 1.91 bits per heavy atom. The Bertz CT molecular complexity index is 728. The summed E-state index contributed by atoms with van der Waals surface area (Å²) in [5, 5.41) is 0.0545. The second-order valence-corrected chi connectivity index (χ2v) is 5.43. The first-order chi connectivity index (χ1) is 10.4. The van der Waals surface area contributed by atoms with Gasteiger partial charge < -0.3 is 4.74 Å². The average molecular weight is 318 g/mol. The van der Waals surface area contributed by atoms with Gasteiger partial charge in [0.2, 0.25) is 5.78 Å². The van der Waals surface area contributed by atoms with E-state index < -0.39 is 12.1 Å². The van der Waals surface area contributed by atoms with Crippen LogP contribution in [-0.4, -0.2) is 22.8 Å². The van der Waals surface area contributed by atoms with Gasteiger partial charge in [-0.05, 0) is 44.5 Å². The van der Waals surface area contributed by atoms with E-state index in [9.17, 15) is 9.59 Å². The summed E-state index contributed by atoms with van der Waals surface area (Å²) in [6.07, 6.45) is 0.577. The molecule has 1 aromatic heterocycles. The lowest BCUT2D eigenvalue weighted by atomic mass is 9.99. The Balaban J connectivity index is 2.17. The number of benzene rings is 1. The van der Waals surface area contributed by atoms with E-state index in [2.05, 4.69) is 4.98 Å². The zero-order valence-corrected chi connectivity index (χ0v) is 13.3. The number of ketones is 1. The van der Waals surface area contributed by atoms with Gasteiger partial charge in [-0.2, -0.15) is 0 Å². The van der Waals surface area contributed by atoms with E-state index in [0.29, 0.717) is 5.56 Å². The van der Waals surface area contributed by atoms with Crippen LogP contribution in [0, 0.1) is 13.8 Å². The highest BCUT2D eigenvalue weighted by Crippen LogP contribution is 2.17. The van der Waals surface area contributed by atoms with E-state index in [1.54, 1.807) is 19.1 Å². The zero-order valence-electron chi connectivity index (χ0n) is 12.6. The van der Waals surface area contributed by atoms with Crippen molar-refractivity contribution >= 4 is 23.4 Å². The molecular formula is C17H16ClNO3. The van der Waals surface area contributed by atoms with Crippen molar-refractivity contribution in [2.24, 2.45) is 0 Å². The summed E-state index contributed by atoms with van der Waals surface area (Å²) in [6, 6.07) is 8.68. The minimum Gasteiger partial charge on any atom is -0.451 e. The van der Waals surface area contributed by atoms with Crippen LogP contribution >= 0.6 is 11.6 Å². The SMILES string of the molecule is Cc1ccc(C)c(C(=O)[C@@H](C)OC(=O)c2cccnc2Cl)c1. The number of aryl methyl sites for hydroxylation is 2. The molecule has 0 saturated heterocycles. The fraction of sp³-hybridized carbons (Fsp3) is 0.235. The van der Waals surface area contributed by atoms with E-state index in [4.69, 9.17) is 16.3 Å². The number of nitrogens with zero attached hydrogens (tertiary/aromatic N) is 1. The quantitative estimate of drug-likeness (QED) is 0.489. The number of esters is 1. The van der Waals surface area contributed by atoms with Crippen LogP contribution in [0.4, 0.5) is 0 Å². The van der Waals surface area contributed by atoms with Crippen molar-refractivity contribution in [2.45, 2.75) is 26.9 Å². The van der Waals surface area contributed by atoms with Crippen molar-refractivity contribution in [3.63, 3.8) is 0 Å². The maximum absolute atomic E-state index is 12.4. The van der Waals surface area contributed by atoms with Crippen molar-refractivity contribution in [1.29, 1.82) is 0 Å². The van der Waals surface area contributed by atoms with Gasteiger partial charge in [0.1, 0.15) is 5.15 Å². The highest BCUT2D eigenvalue weighted by molar-refractivity contribution is 6.32. The van der Waals surface area contributed by atoms with Gasteiger partial charge in [0.15, 0.2) is 6.10 Å². The molecule has 0 fully saturated rings. The topological polar surface area (TPSA) is 56.3 Å². The summed E-state index contributed by atoms with van der Waals surface area (Å²) < 4.78 is 5.22. The third-order valence-corrected chi connectivity index (χ3v) is 3.59. The summed E-state index contributed by atoms with van der Waals surface area (Å²) in [6.45, 7) is 5.30. The third-order valence-electron chi connectivity index (χ3n) is 3.29. The van der Waals surface area contributed by atoms with Crippen molar-refractivity contribution in [2.75, 3.05) is 0 Å². The zero-order chi connectivity index (χ0) is 16.3. The molecule has 1 atom stereocenters. The molecule has 0 radical (unpaired) electrons. The normalized spacial score (nSPS) is 11.8. The van der Waals surface area contributed by atoms with E-state index in [1.165, 1.54) is 12.3 Å². The minimum atomic E-state index is -0.899. The van der Waals surface area contributed by atoms with Gasteiger partial charge in [-0.15, -0.1) is 0 Å². The average Bonchev–Trinajstić information content (AvgIpc) is 2.49. The fourth-order valence-electron chi connectivity index (χ4n) is 2.04. The minimum absolute atomic E-state index is 0.0545. The number of aromatic nitrogens is 1. The number of rotatable bonds is 4. The molecule has 0 spiro atoms. The monoisotopic (exact) mass is 317 g/mol. The van der Waals surface area contributed by atoms with Crippen molar-refractivity contribution in [3.05, 3.63) is 63.9 Å². The lowest BCUT2D eigenvalue weighted by molar-refractivity contribution is 0.0318. The predicted molar refractivity (Wildman–Crippen MR) is 84.4 cm³/mol. The lowest BCUT2D eigenvalue weighted by Crippen LogP contribution is -2.25.